The Morgan fingerprint density at radius 3 is 2.33 bits per heavy atom. The number of nitrogens with one attached hydrogen (secondary N) is 1. The van der Waals surface area contributed by atoms with Crippen LogP contribution in [0.3, 0.4) is 0 Å². The monoisotopic (exact) mass is 469 g/mol. The highest BCUT2D eigenvalue weighted by molar-refractivity contribution is 9.10. The fourth-order valence-corrected chi connectivity index (χ4v) is 3.26. The largest absolute Gasteiger partial charge is 0.490 e. The van der Waals surface area contributed by atoms with Crippen LogP contribution >= 0.6 is 15.9 Å². The summed E-state index contributed by atoms with van der Waals surface area (Å²) in [6.45, 7) is 2.83. The van der Waals surface area contributed by atoms with Gasteiger partial charge in [0, 0.05) is 11.8 Å². The van der Waals surface area contributed by atoms with Gasteiger partial charge in [-0.3, -0.25) is 4.79 Å². The third kappa shape index (κ3) is 6.81. The van der Waals surface area contributed by atoms with E-state index >= 15 is 0 Å². The second kappa shape index (κ2) is 11.3. The smallest absolute Gasteiger partial charge is 0.262 e. The number of carbonyl (C=O) groups excluding carboxylic acids is 1. The lowest BCUT2D eigenvalue weighted by Gasteiger charge is -2.11. The summed E-state index contributed by atoms with van der Waals surface area (Å²) in [5, 5.41) is 2.82. The van der Waals surface area contributed by atoms with E-state index in [1.54, 1.807) is 12.1 Å². The first-order chi connectivity index (χ1) is 14.6. The van der Waals surface area contributed by atoms with Crippen molar-refractivity contribution in [1.82, 2.24) is 0 Å². The van der Waals surface area contributed by atoms with Gasteiger partial charge in [-0.15, -0.1) is 0 Å². The second-order valence-corrected chi connectivity index (χ2v) is 7.35. The molecule has 3 aromatic carbocycles. The Morgan fingerprint density at radius 2 is 1.60 bits per heavy atom. The number of ether oxygens (including phenoxy) is 3. The van der Waals surface area contributed by atoms with Crippen molar-refractivity contribution in [2.24, 2.45) is 0 Å². The lowest BCUT2D eigenvalue weighted by Crippen LogP contribution is -2.20. The highest BCUT2D eigenvalue weighted by Crippen LogP contribution is 2.26. The standard InChI is InChI=1S/C24H24BrNO4/c1-2-18-11-12-23(22(25)15-18)30-17-24(27)26-19-7-6-10-21(16-19)29-14-13-28-20-8-4-3-5-9-20/h3-12,15-16H,2,13-14,17H2,1H3,(H,26,27). The van der Waals surface area contributed by atoms with E-state index < -0.39 is 0 Å². The van der Waals surface area contributed by atoms with Crippen LogP contribution in [-0.4, -0.2) is 25.7 Å². The maximum absolute atomic E-state index is 12.2. The first-order valence-electron chi connectivity index (χ1n) is 9.76. The van der Waals surface area contributed by atoms with Crippen LogP contribution in [0.1, 0.15) is 12.5 Å². The Balaban J connectivity index is 1.44. The van der Waals surface area contributed by atoms with Gasteiger partial charge in [0.25, 0.3) is 5.91 Å². The lowest BCUT2D eigenvalue weighted by atomic mass is 10.2. The van der Waals surface area contributed by atoms with Crippen LogP contribution in [0.15, 0.2) is 77.3 Å². The number of rotatable bonds is 10. The van der Waals surface area contributed by atoms with Gasteiger partial charge >= 0.3 is 0 Å². The van der Waals surface area contributed by atoms with Gasteiger partial charge in [0.2, 0.25) is 0 Å². The molecule has 0 saturated heterocycles. The Hall–Kier alpha value is -2.99. The van der Waals surface area contributed by atoms with Gasteiger partial charge in [-0.05, 0) is 64.3 Å². The zero-order valence-electron chi connectivity index (χ0n) is 16.8. The molecule has 0 aliphatic carbocycles. The van der Waals surface area contributed by atoms with Crippen LogP contribution in [0.25, 0.3) is 0 Å². The summed E-state index contributed by atoms with van der Waals surface area (Å²) in [4.78, 5) is 12.2. The van der Waals surface area contributed by atoms with Crippen LogP contribution in [0.4, 0.5) is 5.69 Å². The van der Waals surface area contributed by atoms with E-state index in [1.807, 2.05) is 60.7 Å². The first kappa shape index (κ1) is 21.7. The maximum atomic E-state index is 12.2. The molecule has 3 aromatic rings. The van der Waals surface area contributed by atoms with Gasteiger partial charge in [-0.1, -0.05) is 37.3 Å². The molecule has 30 heavy (non-hydrogen) atoms. The minimum absolute atomic E-state index is 0.0833. The molecule has 5 nitrogen and oxygen atoms in total. The van der Waals surface area contributed by atoms with E-state index in [9.17, 15) is 4.79 Å². The molecule has 0 radical (unpaired) electrons. The lowest BCUT2D eigenvalue weighted by molar-refractivity contribution is -0.118. The Kier molecular flexibility index (Phi) is 8.15. The molecule has 0 aromatic heterocycles. The highest BCUT2D eigenvalue weighted by Gasteiger charge is 2.08. The molecule has 1 amide bonds. The molecule has 3 rings (SSSR count). The van der Waals surface area contributed by atoms with Crippen LogP contribution in [0.5, 0.6) is 17.2 Å². The number of aryl methyl sites for hydroxylation is 1. The quantitative estimate of drug-likeness (QED) is 0.399. The molecular weight excluding hydrogens is 446 g/mol. The molecule has 0 aliphatic heterocycles. The number of amides is 1. The van der Waals surface area contributed by atoms with Gasteiger partial charge in [-0.25, -0.2) is 0 Å². The molecule has 156 valence electrons. The van der Waals surface area contributed by atoms with Gasteiger partial charge < -0.3 is 19.5 Å². The zero-order valence-corrected chi connectivity index (χ0v) is 18.4. The van der Waals surface area contributed by atoms with E-state index in [0.717, 1.165) is 16.6 Å². The van der Waals surface area contributed by atoms with Crippen molar-refractivity contribution in [3.8, 4) is 17.2 Å². The normalized spacial score (nSPS) is 10.3. The number of carbonyl (C=O) groups is 1. The molecule has 0 atom stereocenters. The topological polar surface area (TPSA) is 56.8 Å². The summed E-state index contributed by atoms with van der Waals surface area (Å²) in [6.07, 6.45) is 0.941. The van der Waals surface area contributed by atoms with Gasteiger partial charge in [0.05, 0.1) is 4.47 Å². The van der Waals surface area contributed by atoms with Crippen molar-refractivity contribution in [1.29, 1.82) is 0 Å². The number of para-hydroxylation sites is 1. The summed E-state index contributed by atoms with van der Waals surface area (Å²) in [5.74, 6) is 1.85. The average Bonchev–Trinajstić information content (AvgIpc) is 2.77. The van der Waals surface area contributed by atoms with E-state index in [-0.39, 0.29) is 12.5 Å². The third-order valence-corrected chi connectivity index (χ3v) is 4.86. The maximum Gasteiger partial charge on any atom is 0.262 e. The minimum atomic E-state index is -0.244. The van der Waals surface area contributed by atoms with Crippen LogP contribution in [0.2, 0.25) is 0 Å². The summed E-state index contributed by atoms with van der Waals surface area (Å²) >= 11 is 3.48. The Morgan fingerprint density at radius 1 is 0.867 bits per heavy atom. The Labute approximate surface area is 185 Å². The van der Waals surface area contributed by atoms with Crippen molar-refractivity contribution in [3.63, 3.8) is 0 Å². The molecule has 6 heteroatoms. The molecule has 0 unspecified atom stereocenters. The van der Waals surface area contributed by atoms with Crippen molar-refractivity contribution in [3.05, 3.63) is 82.8 Å². The van der Waals surface area contributed by atoms with Crippen LogP contribution < -0.4 is 19.5 Å². The predicted octanol–water partition coefficient (Wildman–Crippen LogP) is 5.49. The highest BCUT2D eigenvalue weighted by atomic mass is 79.9. The van der Waals surface area contributed by atoms with Crippen LogP contribution in [-0.2, 0) is 11.2 Å². The summed E-state index contributed by atoms with van der Waals surface area (Å²) in [6, 6.07) is 22.7. The third-order valence-electron chi connectivity index (χ3n) is 4.25. The molecular formula is C24H24BrNO4. The van der Waals surface area contributed by atoms with Crippen molar-refractivity contribution in [2.75, 3.05) is 25.1 Å². The fraction of sp³-hybridized carbons (Fsp3) is 0.208. The number of benzene rings is 3. The number of anilines is 1. The zero-order chi connectivity index (χ0) is 21.2. The fourth-order valence-electron chi connectivity index (χ4n) is 2.72. The SMILES string of the molecule is CCc1ccc(OCC(=O)Nc2cccc(OCCOc3ccccc3)c2)c(Br)c1. The van der Waals surface area contributed by atoms with Gasteiger partial charge in [-0.2, -0.15) is 0 Å². The van der Waals surface area contributed by atoms with E-state index in [4.69, 9.17) is 14.2 Å². The van der Waals surface area contributed by atoms with Crippen molar-refractivity contribution >= 4 is 27.5 Å². The summed E-state index contributed by atoms with van der Waals surface area (Å²) in [7, 11) is 0. The van der Waals surface area contributed by atoms with E-state index in [1.165, 1.54) is 5.56 Å². The Bertz CT molecular complexity index is 962. The summed E-state index contributed by atoms with van der Waals surface area (Å²) < 4.78 is 17.8. The van der Waals surface area contributed by atoms with Crippen LogP contribution in [0, 0.1) is 0 Å². The molecule has 0 bridgehead atoms. The van der Waals surface area contributed by atoms with Gasteiger partial charge in [0.1, 0.15) is 30.5 Å². The van der Waals surface area contributed by atoms with Crippen molar-refractivity contribution in [2.45, 2.75) is 13.3 Å². The van der Waals surface area contributed by atoms with Crippen molar-refractivity contribution < 1.29 is 19.0 Å². The first-order valence-corrected chi connectivity index (χ1v) is 10.5. The molecule has 0 heterocycles. The predicted molar refractivity (Wildman–Crippen MR) is 122 cm³/mol. The number of hydrogen-bond donors (Lipinski definition) is 1. The molecule has 1 N–H and O–H groups in total. The molecule has 0 saturated carbocycles. The minimum Gasteiger partial charge on any atom is -0.490 e. The average molecular weight is 470 g/mol. The molecule has 0 fully saturated rings. The number of halogens is 1. The van der Waals surface area contributed by atoms with E-state index in [2.05, 4.69) is 28.2 Å². The summed E-state index contributed by atoms with van der Waals surface area (Å²) in [5.41, 5.74) is 1.84. The molecule has 0 spiro atoms. The second-order valence-electron chi connectivity index (χ2n) is 6.49. The molecule has 0 aliphatic rings. The number of hydrogen-bond acceptors (Lipinski definition) is 4. The van der Waals surface area contributed by atoms with Gasteiger partial charge in [0.15, 0.2) is 6.61 Å². The van der Waals surface area contributed by atoms with E-state index in [0.29, 0.717) is 30.4 Å².